The van der Waals surface area contributed by atoms with Gasteiger partial charge in [0.05, 0.1) is 0 Å². The first kappa shape index (κ1) is 78.3. The van der Waals surface area contributed by atoms with Crippen molar-refractivity contribution in [3.05, 3.63) is 97.2 Å². The highest BCUT2D eigenvalue weighted by molar-refractivity contribution is 5.71. The fourth-order valence-corrected chi connectivity index (χ4v) is 10.1. The number of hydrogen-bond acceptors (Lipinski definition) is 6. The van der Waals surface area contributed by atoms with Crippen molar-refractivity contribution in [2.24, 2.45) is 0 Å². The third-order valence-corrected chi connectivity index (χ3v) is 15.3. The van der Waals surface area contributed by atoms with Crippen LogP contribution in [-0.2, 0) is 28.6 Å². The molecule has 0 amide bonds. The number of carbonyl (C=O) groups excluding carboxylic acids is 3. The standard InChI is InChI=1S/C76H132O6/c1-4-7-10-13-16-19-22-25-27-29-31-33-35-36-37-38-39-41-42-44-46-48-51-54-57-60-63-66-69-75(78)81-72-73(71-80-74(77)68-65-62-59-56-53-50-24-21-18-15-12-9-6-3)82-76(79)70-67-64-61-58-55-52-49-47-45-43-40-34-32-30-28-26-23-20-17-14-11-8-5-2/h8,11,17,20-21,24,26,28,32,34,43,45,49,52,58,61,73H,4-7,9-10,12-16,18-19,22-23,25,27,29-31,33,35-42,44,46-48,50-51,53-57,59-60,62-72H2,1-3H3/b11-8-,20-17-,24-21-,28-26-,34-32-,45-43-,52-49-,61-58-. The lowest BCUT2D eigenvalue weighted by molar-refractivity contribution is -0.167. The minimum Gasteiger partial charge on any atom is -0.462 e. The monoisotopic (exact) mass is 1140 g/mol. The van der Waals surface area contributed by atoms with Crippen LogP contribution in [0.3, 0.4) is 0 Å². The van der Waals surface area contributed by atoms with Crippen LogP contribution in [0.25, 0.3) is 0 Å². The zero-order valence-electron chi connectivity index (χ0n) is 54.2. The van der Waals surface area contributed by atoms with Crippen LogP contribution in [0.4, 0.5) is 0 Å². The van der Waals surface area contributed by atoms with Crippen LogP contribution in [0.5, 0.6) is 0 Å². The van der Waals surface area contributed by atoms with Crippen LogP contribution in [-0.4, -0.2) is 37.2 Å². The highest BCUT2D eigenvalue weighted by Gasteiger charge is 2.19. The van der Waals surface area contributed by atoms with Crippen molar-refractivity contribution < 1.29 is 28.6 Å². The second-order valence-electron chi connectivity index (χ2n) is 23.4. The van der Waals surface area contributed by atoms with E-state index in [-0.39, 0.29) is 37.5 Å². The van der Waals surface area contributed by atoms with E-state index in [0.29, 0.717) is 19.3 Å². The van der Waals surface area contributed by atoms with Crippen LogP contribution in [0.2, 0.25) is 0 Å². The first-order valence-electron chi connectivity index (χ1n) is 35.2. The Morgan fingerprint density at radius 2 is 0.488 bits per heavy atom. The molecule has 0 aromatic heterocycles. The molecule has 0 aromatic rings. The normalized spacial score (nSPS) is 12.7. The van der Waals surface area contributed by atoms with Crippen LogP contribution in [0.1, 0.15) is 348 Å². The number of unbranched alkanes of at least 4 members (excludes halogenated alkanes) is 37. The second-order valence-corrected chi connectivity index (χ2v) is 23.4. The van der Waals surface area contributed by atoms with Gasteiger partial charge in [-0.25, -0.2) is 0 Å². The van der Waals surface area contributed by atoms with Gasteiger partial charge in [0.2, 0.25) is 0 Å². The predicted molar refractivity (Wildman–Crippen MR) is 357 cm³/mol. The fourth-order valence-electron chi connectivity index (χ4n) is 10.1. The van der Waals surface area contributed by atoms with Gasteiger partial charge in [0.25, 0.3) is 0 Å². The van der Waals surface area contributed by atoms with E-state index in [1.54, 1.807) is 0 Å². The van der Waals surface area contributed by atoms with Gasteiger partial charge in [0.15, 0.2) is 6.10 Å². The van der Waals surface area contributed by atoms with Crippen LogP contribution < -0.4 is 0 Å². The van der Waals surface area contributed by atoms with E-state index >= 15 is 0 Å². The van der Waals surface area contributed by atoms with Gasteiger partial charge in [-0.05, 0) is 96.3 Å². The molecule has 6 nitrogen and oxygen atoms in total. The lowest BCUT2D eigenvalue weighted by atomic mass is 10.0. The van der Waals surface area contributed by atoms with Crippen LogP contribution >= 0.6 is 0 Å². The van der Waals surface area contributed by atoms with Crippen molar-refractivity contribution in [2.45, 2.75) is 354 Å². The Morgan fingerprint density at radius 3 is 0.805 bits per heavy atom. The third-order valence-electron chi connectivity index (χ3n) is 15.3. The van der Waals surface area contributed by atoms with Crippen molar-refractivity contribution in [1.29, 1.82) is 0 Å². The summed E-state index contributed by atoms with van der Waals surface area (Å²) in [7, 11) is 0. The molecule has 0 N–H and O–H groups in total. The lowest BCUT2D eigenvalue weighted by Gasteiger charge is -2.18. The molecule has 0 heterocycles. The summed E-state index contributed by atoms with van der Waals surface area (Å²) in [6, 6.07) is 0. The zero-order chi connectivity index (χ0) is 59.2. The number of hydrogen-bond donors (Lipinski definition) is 0. The maximum absolute atomic E-state index is 12.9. The van der Waals surface area contributed by atoms with Crippen LogP contribution in [0.15, 0.2) is 97.2 Å². The number of allylic oxidation sites excluding steroid dienone is 16. The molecule has 0 aliphatic heterocycles. The highest BCUT2D eigenvalue weighted by Crippen LogP contribution is 2.18. The smallest absolute Gasteiger partial charge is 0.306 e. The fraction of sp³-hybridized carbons (Fsp3) is 0.750. The van der Waals surface area contributed by atoms with Gasteiger partial charge in [-0.2, -0.15) is 0 Å². The molecule has 0 aromatic carbocycles. The van der Waals surface area contributed by atoms with Crippen molar-refractivity contribution in [2.75, 3.05) is 13.2 Å². The molecule has 0 spiro atoms. The average molecular weight is 1140 g/mol. The van der Waals surface area contributed by atoms with Gasteiger partial charge in [-0.15, -0.1) is 0 Å². The van der Waals surface area contributed by atoms with E-state index in [9.17, 15) is 14.4 Å². The molecule has 0 fully saturated rings. The van der Waals surface area contributed by atoms with Gasteiger partial charge >= 0.3 is 17.9 Å². The van der Waals surface area contributed by atoms with Gasteiger partial charge in [0, 0.05) is 19.3 Å². The molecular formula is C76H132O6. The van der Waals surface area contributed by atoms with E-state index in [1.807, 2.05) is 0 Å². The van der Waals surface area contributed by atoms with Gasteiger partial charge < -0.3 is 14.2 Å². The minimum absolute atomic E-state index is 0.101. The molecule has 6 heteroatoms. The molecular weight excluding hydrogens is 1010 g/mol. The molecule has 0 aliphatic rings. The lowest BCUT2D eigenvalue weighted by Crippen LogP contribution is -2.30. The van der Waals surface area contributed by atoms with E-state index < -0.39 is 6.10 Å². The molecule has 1 atom stereocenters. The van der Waals surface area contributed by atoms with Crippen molar-refractivity contribution >= 4 is 17.9 Å². The van der Waals surface area contributed by atoms with E-state index in [2.05, 4.69) is 118 Å². The summed E-state index contributed by atoms with van der Waals surface area (Å²) in [6.07, 6.45) is 94.5. The van der Waals surface area contributed by atoms with E-state index in [4.69, 9.17) is 14.2 Å². The van der Waals surface area contributed by atoms with Gasteiger partial charge in [0.1, 0.15) is 13.2 Å². The number of ether oxygens (including phenoxy) is 3. The van der Waals surface area contributed by atoms with Gasteiger partial charge in [-0.1, -0.05) is 330 Å². The molecule has 0 rings (SSSR count). The SMILES string of the molecule is CC/C=C\C/C=C\C/C=C\C/C=C\C/C=C\C/C=C\C/C=C\CCCC(=O)OC(COC(=O)CCCCCCC/C=C\CCCCCC)COC(=O)CCCCCCCCCCCCCCCCCCCCCCCCCCCCCC. The zero-order valence-corrected chi connectivity index (χ0v) is 54.2. The first-order chi connectivity index (χ1) is 40.5. The Labute approximate surface area is 508 Å². The van der Waals surface area contributed by atoms with Crippen molar-refractivity contribution in [3.63, 3.8) is 0 Å². The van der Waals surface area contributed by atoms with E-state index in [0.717, 1.165) is 103 Å². The van der Waals surface area contributed by atoms with Crippen LogP contribution in [0, 0.1) is 0 Å². The topological polar surface area (TPSA) is 78.9 Å². The predicted octanol–water partition coefficient (Wildman–Crippen LogP) is 24.4. The summed E-state index contributed by atoms with van der Waals surface area (Å²) in [5.74, 6) is -0.956. The third kappa shape index (κ3) is 67.1. The summed E-state index contributed by atoms with van der Waals surface area (Å²) in [6.45, 7) is 6.50. The molecule has 1 unspecified atom stereocenters. The Bertz CT molecular complexity index is 1590. The molecule has 472 valence electrons. The van der Waals surface area contributed by atoms with E-state index in [1.165, 1.54) is 199 Å². The molecule has 0 radical (unpaired) electrons. The summed E-state index contributed by atoms with van der Waals surface area (Å²) >= 11 is 0. The maximum Gasteiger partial charge on any atom is 0.306 e. The Hall–Kier alpha value is -3.67. The molecule has 82 heavy (non-hydrogen) atoms. The summed E-state index contributed by atoms with van der Waals surface area (Å²) in [4.78, 5) is 38.4. The Kier molecular flexibility index (Phi) is 66.7. The Balaban J connectivity index is 4.32. The minimum atomic E-state index is -0.813. The number of rotatable bonds is 64. The molecule has 0 aliphatic carbocycles. The summed E-state index contributed by atoms with van der Waals surface area (Å²) in [5.41, 5.74) is 0. The first-order valence-corrected chi connectivity index (χ1v) is 35.2. The molecule has 0 bridgehead atoms. The quantitative estimate of drug-likeness (QED) is 0.0261. The average Bonchev–Trinajstić information content (AvgIpc) is 3.47. The summed E-state index contributed by atoms with van der Waals surface area (Å²) < 4.78 is 16.9. The number of carbonyl (C=O) groups is 3. The largest absolute Gasteiger partial charge is 0.462 e. The molecule has 0 saturated carbocycles. The number of esters is 3. The summed E-state index contributed by atoms with van der Waals surface area (Å²) in [5, 5.41) is 0. The Morgan fingerprint density at radius 1 is 0.256 bits per heavy atom. The maximum atomic E-state index is 12.9. The van der Waals surface area contributed by atoms with Gasteiger partial charge in [-0.3, -0.25) is 14.4 Å². The van der Waals surface area contributed by atoms with Crippen molar-refractivity contribution in [3.8, 4) is 0 Å². The highest BCUT2D eigenvalue weighted by atomic mass is 16.6. The second kappa shape index (κ2) is 69.8. The van der Waals surface area contributed by atoms with Crippen molar-refractivity contribution in [1.82, 2.24) is 0 Å². The molecule has 0 saturated heterocycles.